The molecule has 31 heavy (non-hydrogen) atoms. The minimum Gasteiger partial charge on any atom is -0.394 e. The Hall–Kier alpha value is -1.84. The van der Waals surface area contributed by atoms with Crippen molar-refractivity contribution in [3.05, 3.63) is 34.9 Å². The summed E-state index contributed by atoms with van der Waals surface area (Å²) in [6, 6.07) is 1.95. The van der Waals surface area contributed by atoms with Crippen LogP contribution in [0.4, 0.5) is 16.0 Å². The van der Waals surface area contributed by atoms with Gasteiger partial charge in [-0.3, -0.25) is 4.21 Å². The molecule has 1 aliphatic carbocycles. The number of nitrogens with one attached hydrogen (secondary N) is 1. The van der Waals surface area contributed by atoms with Gasteiger partial charge >= 0.3 is 0 Å². The smallest absolute Gasteiger partial charge is 0.145 e. The number of pyridine rings is 1. The van der Waals surface area contributed by atoms with Crippen molar-refractivity contribution in [2.75, 3.05) is 35.7 Å². The molecule has 10 heteroatoms. The maximum Gasteiger partial charge on any atom is 0.145 e. The van der Waals surface area contributed by atoms with E-state index in [1.807, 2.05) is 11.0 Å². The summed E-state index contributed by atoms with van der Waals surface area (Å²) in [6.07, 6.45) is 5.91. The number of nitrogens with zero attached hydrogens (tertiary/aromatic N) is 4. The molecule has 2 aromatic rings. The molecule has 2 unspecified atom stereocenters. The summed E-state index contributed by atoms with van der Waals surface area (Å²) < 4.78 is 27.7. The summed E-state index contributed by atoms with van der Waals surface area (Å²) in [6.45, 7) is 0.825. The zero-order chi connectivity index (χ0) is 21.6. The van der Waals surface area contributed by atoms with Gasteiger partial charge in [-0.15, -0.1) is 0 Å². The number of hydrogen-bond acceptors (Lipinski definition) is 7. The second-order valence-corrected chi connectivity index (χ2v) is 10.6. The van der Waals surface area contributed by atoms with Gasteiger partial charge < -0.3 is 15.3 Å². The van der Waals surface area contributed by atoms with Crippen LogP contribution in [0, 0.1) is 0 Å². The lowest BCUT2D eigenvalue weighted by molar-refractivity contribution is 0.143. The Morgan fingerprint density at radius 2 is 2.13 bits per heavy atom. The van der Waals surface area contributed by atoms with E-state index >= 15 is 4.39 Å². The molecule has 5 rings (SSSR count). The summed E-state index contributed by atoms with van der Waals surface area (Å²) in [5, 5.41) is 13.7. The highest BCUT2D eigenvalue weighted by Crippen LogP contribution is 2.40. The van der Waals surface area contributed by atoms with Crippen LogP contribution in [0.25, 0.3) is 0 Å². The third-order valence-electron chi connectivity index (χ3n) is 6.66. The van der Waals surface area contributed by atoms with Gasteiger partial charge in [0.2, 0.25) is 0 Å². The van der Waals surface area contributed by atoms with E-state index in [9.17, 15) is 9.32 Å². The number of alkyl halides is 1. The highest BCUT2D eigenvalue weighted by molar-refractivity contribution is 7.85. The van der Waals surface area contributed by atoms with E-state index in [4.69, 9.17) is 16.6 Å². The molecule has 1 saturated carbocycles. The third-order valence-corrected chi connectivity index (χ3v) is 8.34. The first-order chi connectivity index (χ1) is 15.0. The molecule has 3 aliphatic rings. The quantitative estimate of drug-likeness (QED) is 0.701. The molecule has 3 atom stereocenters. The third kappa shape index (κ3) is 3.91. The second-order valence-electron chi connectivity index (χ2n) is 8.65. The standard InChI is InChI=1S/C21H25ClFN5O2S/c22-14-9-24-19(25-10-14)15-2-6-28(11-16(15)23)17-8-13-3-7-31(30)18(13)20(26-17)27-21(12-29)4-1-5-21/h8-10,15-16,29H,1-7,11-12H2,(H,26,27)/t15?,16?,31-/m1/s1. The Morgan fingerprint density at radius 3 is 2.77 bits per heavy atom. The van der Waals surface area contributed by atoms with Gasteiger partial charge in [0.15, 0.2) is 0 Å². The van der Waals surface area contributed by atoms with Crippen molar-refractivity contribution in [2.45, 2.75) is 54.6 Å². The Bertz CT molecular complexity index is 998. The van der Waals surface area contributed by atoms with Crippen LogP contribution >= 0.6 is 11.6 Å². The zero-order valence-corrected chi connectivity index (χ0v) is 18.6. The van der Waals surface area contributed by atoms with Crippen molar-refractivity contribution < 1.29 is 13.7 Å². The number of halogens is 2. The lowest BCUT2D eigenvalue weighted by atomic mass is 9.77. The molecular formula is C21H25ClFN5O2S. The average molecular weight is 466 g/mol. The molecule has 0 aromatic carbocycles. The van der Waals surface area contributed by atoms with Gasteiger partial charge in [-0.1, -0.05) is 11.6 Å². The van der Waals surface area contributed by atoms with Crippen LogP contribution < -0.4 is 10.2 Å². The second kappa shape index (κ2) is 8.26. The van der Waals surface area contributed by atoms with Gasteiger partial charge in [-0.05, 0) is 43.7 Å². The summed E-state index contributed by atoms with van der Waals surface area (Å²) in [5.41, 5.74) is 0.602. The lowest BCUT2D eigenvalue weighted by Gasteiger charge is -2.42. The van der Waals surface area contributed by atoms with Gasteiger partial charge in [0, 0.05) is 24.7 Å². The van der Waals surface area contributed by atoms with Crippen molar-refractivity contribution >= 4 is 34.0 Å². The van der Waals surface area contributed by atoms with Crippen molar-refractivity contribution in [1.82, 2.24) is 15.0 Å². The van der Waals surface area contributed by atoms with E-state index in [1.54, 1.807) is 0 Å². The fourth-order valence-electron chi connectivity index (χ4n) is 4.66. The van der Waals surface area contributed by atoms with Crippen molar-refractivity contribution in [3.8, 4) is 0 Å². The molecule has 2 aromatic heterocycles. The maximum atomic E-state index is 15.1. The fourth-order valence-corrected chi connectivity index (χ4v) is 6.13. The number of aromatic nitrogens is 3. The molecule has 2 N–H and O–H groups in total. The zero-order valence-electron chi connectivity index (χ0n) is 17.1. The topological polar surface area (TPSA) is 91.2 Å². The van der Waals surface area contributed by atoms with Gasteiger partial charge in [-0.2, -0.15) is 0 Å². The average Bonchev–Trinajstić information content (AvgIpc) is 3.12. The van der Waals surface area contributed by atoms with Crippen molar-refractivity contribution in [3.63, 3.8) is 0 Å². The summed E-state index contributed by atoms with van der Waals surface area (Å²) in [4.78, 5) is 15.9. The number of aliphatic hydroxyl groups is 1. The van der Waals surface area contributed by atoms with Crippen LogP contribution in [0.2, 0.25) is 5.02 Å². The van der Waals surface area contributed by atoms with Gasteiger partial charge in [0.25, 0.3) is 0 Å². The predicted molar refractivity (Wildman–Crippen MR) is 118 cm³/mol. The van der Waals surface area contributed by atoms with Crippen LogP contribution in [0.3, 0.4) is 0 Å². The van der Waals surface area contributed by atoms with Gasteiger partial charge in [0.1, 0.15) is 23.6 Å². The van der Waals surface area contributed by atoms with E-state index in [2.05, 4.69) is 15.3 Å². The van der Waals surface area contributed by atoms with E-state index < -0.39 is 22.5 Å². The summed E-state index contributed by atoms with van der Waals surface area (Å²) in [7, 11) is -1.10. The molecule has 0 amide bonds. The Labute approximate surface area is 187 Å². The first-order valence-electron chi connectivity index (χ1n) is 10.7. The summed E-state index contributed by atoms with van der Waals surface area (Å²) >= 11 is 5.85. The normalized spacial score (nSPS) is 26.9. The highest BCUT2D eigenvalue weighted by Gasteiger charge is 2.39. The first-order valence-corrected chi connectivity index (χ1v) is 12.4. The number of hydrogen-bond donors (Lipinski definition) is 2. The monoisotopic (exact) mass is 465 g/mol. The SMILES string of the molecule is O=[S@@]1CCc2cc(N3CCC(c4ncc(Cl)cn4)C(F)C3)nc(NC3(CO)CCC3)c21. The van der Waals surface area contributed by atoms with Crippen LogP contribution in [0.15, 0.2) is 23.4 Å². The molecule has 2 fully saturated rings. The molecule has 166 valence electrons. The summed E-state index contributed by atoms with van der Waals surface area (Å²) in [5.74, 6) is 1.94. The van der Waals surface area contributed by atoms with Crippen molar-refractivity contribution in [2.24, 2.45) is 0 Å². The fraction of sp³-hybridized carbons (Fsp3) is 0.571. The number of fused-ring (bicyclic) bond motifs is 1. The van der Waals surface area contributed by atoms with Crippen molar-refractivity contribution in [1.29, 1.82) is 0 Å². The minimum atomic E-state index is -1.13. The molecule has 2 aliphatic heterocycles. The molecular weight excluding hydrogens is 441 g/mol. The van der Waals surface area contributed by atoms with E-state index in [-0.39, 0.29) is 19.1 Å². The number of aliphatic hydroxyl groups excluding tert-OH is 1. The lowest BCUT2D eigenvalue weighted by Crippen LogP contribution is -2.49. The number of aryl methyl sites for hydroxylation is 1. The van der Waals surface area contributed by atoms with Gasteiger partial charge in [-0.25, -0.2) is 19.3 Å². The Kier molecular flexibility index (Phi) is 5.60. The predicted octanol–water partition coefficient (Wildman–Crippen LogP) is 2.85. The van der Waals surface area contributed by atoms with E-state index in [1.165, 1.54) is 12.4 Å². The van der Waals surface area contributed by atoms with Crippen LogP contribution in [0.5, 0.6) is 0 Å². The maximum absolute atomic E-state index is 15.1. The molecule has 7 nitrogen and oxygen atoms in total. The Balaban J connectivity index is 1.40. The molecule has 4 heterocycles. The molecule has 0 radical (unpaired) electrons. The van der Waals surface area contributed by atoms with Crippen LogP contribution in [0.1, 0.15) is 43.0 Å². The largest absolute Gasteiger partial charge is 0.394 e. The molecule has 1 saturated heterocycles. The number of piperidine rings is 1. The Morgan fingerprint density at radius 1 is 1.35 bits per heavy atom. The van der Waals surface area contributed by atoms with Crippen LogP contribution in [-0.4, -0.2) is 61.4 Å². The van der Waals surface area contributed by atoms with Crippen LogP contribution in [-0.2, 0) is 17.2 Å². The van der Waals surface area contributed by atoms with E-state index in [0.717, 1.165) is 29.7 Å². The molecule has 0 spiro atoms. The van der Waals surface area contributed by atoms with Gasteiger partial charge in [0.05, 0.1) is 45.3 Å². The number of rotatable bonds is 5. The highest BCUT2D eigenvalue weighted by atomic mass is 35.5. The van der Waals surface area contributed by atoms with E-state index in [0.29, 0.717) is 47.6 Å². The number of anilines is 2. The first kappa shape index (κ1) is 21.0. The molecule has 0 bridgehead atoms. The minimum absolute atomic E-state index is 0.0133.